The molecule has 0 bridgehead atoms. The van der Waals surface area contributed by atoms with E-state index in [1.165, 1.54) is 41.1 Å². The summed E-state index contributed by atoms with van der Waals surface area (Å²) < 4.78 is 32.8. The molecule has 2 aliphatic rings. The van der Waals surface area contributed by atoms with Crippen molar-refractivity contribution in [3.05, 3.63) is 76.6 Å². The number of phenolic OH excluding ortho intramolecular Hbond substituents is 1. The standard InChI is InChI=1S/C35H37F2N7O4/c1-8-19-14-43-23(15-42(19)25(46)9-2)34(47)41(7)32-30(43)20-13-22(37)29(26-21(36)11-10-12-24(26)45)40-33(20)44(35(32)48)31-27(17(3)4)38-16-39-28(31)18(5)6/h9-13,16-19,23,45H,2,8,14-15H2,1,3-7H3/t19-,23-/m1/s1. The third kappa shape index (κ3) is 4.90. The maximum Gasteiger partial charge on any atom is 0.283 e. The Morgan fingerprint density at radius 3 is 2.29 bits per heavy atom. The number of hydrogen-bond acceptors (Lipinski definition) is 8. The second-order valence-electron chi connectivity index (χ2n) is 12.8. The third-order valence-electron chi connectivity index (χ3n) is 9.24. The molecule has 6 rings (SSSR count). The highest BCUT2D eigenvalue weighted by molar-refractivity contribution is 6.12. The number of pyridine rings is 2. The van der Waals surface area contributed by atoms with Gasteiger partial charge in [-0.1, -0.05) is 47.3 Å². The number of likely N-dealkylation sites (N-methyl/N-ethyl adjacent to an activating group) is 1. The molecule has 250 valence electrons. The molecule has 1 fully saturated rings. The molecule has 3 aromatic heterocycles. The van der Waals surface area contributed by atoms with E-state index in [-0.39, 0.29) is 59.3 Å². The van der Waals surface area contributed by atoms with Crippen LogP contribution < -0.4 is 15.4 Å². The van der Waals surface area contributed by atoms with Crippen LogP contribution in [0, 0.1) is 11.6 Å². The first-order valence-corrected chi connectivity index (χ1v) is 15.9. The Balaban J connectivity index is 1.78. The molecule has 0 radical (unpaired) electrons. The molecule has 1 saturated heterocycles. The van der Waals surface area contributed by atoms with Crippen LogP contribution in [0.4, 0.5) is 20.2 Å². The largest absolute Gasteiger partial charge is 0.507 e. The van der Waals surface area contributed by atoms with Crippen molar-refractivity contribution < 1.29 is 23.5 Å². The fourth-order valence-corrected chi connectivity index (χ4v) is 6.87. The fraction of sp³-hybridized carbons (Fsp3) is 0.371. The average Bonchev–Trinajstić information content (AvgIpc) is 3.05. The predicted molar refractivity (Wildman–Crippen MR) is 179 cm³/mol. The number of phenols is 1. The molecule has 2 atom stereocenters. The smallest absolute Gasteiger partial charge is 0.283 e. The number of carbonyl (C=O) groups excluding carboxylic acids is 2. The second kappa shape index (κ2) is 12.1. The van der Waals surface area contributed by atoms with Crippen LogP contribution in [-0.4, -0.2) is 73.6 Å². The number of carbonyl (C=O) groups is 2. The van der Waals surface area contributed by atoms with Crippen LogP contribution in [0.2, 0.25) is 0 Å². The van der Waals surface area contributed by atoms with Crippen molar-refractivity contribution in [2.24, 2.45) is 0 Å². The predicted octanol–water partition coefficient (Wildman–Crippen LogP) is 5.03. The summed E-state index contributed by atoms with van der Waals surface area (Å²) in [5, 5.41) is 10.8. The molecule has 0 saturated carbocycles. The third-order valence-corrected chi connectivity index (χ3v) is 9.24. The van der Waals surface area contributed by atoms with E-state index in [2.05, 4.69) is 21.5 Å². The molecular formula is C35H37F2N7O4. The zero-order valence-electron chi connectivity index (χ0n) is 27.7. The van der Waals surface area contributed by atoms with Crippen LogP contribution in [0.1, 0.15) is 64.3 Å². The van der Waals surface area contributed by atoms with Gasteiger partial charge < -0.3 is 19.8 Å². The second-order valence-corrected chi connectivity index (χ2v) is 12.8. The molecule has 2 aliphatic heterocycles. The summed E-state index contributed by atoms with van der Waals surface area (Å²) >= 11 is 0. The molecule has 1 N–H and O–H groups in total. The van der Waals surface area contributed by atoms with Gasteiger partial charge in [-0.25, -0.2) is 23.7 Å². The first kappa shape index (κ1) is 32.7. The maximum absolute atomic E-state index is 16.3. The summed E-state index contributed by atoms with van der Waals surface area (Å²) in [6.07, 6.45) is 3.17. The lowest BCUT2D eigenvalue weighted by atomic mass is 9.96. The van der Waals surface area contributed by atoms with Gasteiger partial charge in [0.15, 0.2) is 11.5 Å². The van der Waals surface area contributed by atoms with Crippen molar-refractivity contribution in [3.63, 3.8) is 0 Å². The number of nitrogens with zero attached hydrogens (tertiary/aromatic N) is 7. The molecule has 0 spiro atoms. The lowest BCUT2D eigenvalue weighted by molar-refractivity contribution is -0.131. The van der Waals surface area contributed by atoms with Crippen molar-refractivity contribution in [2.75, 3.05) is 29.9 Å². The number of anilines is 2. The van der Waals surface area contributed by atoms with Gasteiger partial charge in [0.1, 0.15) is 35.3 Å². The molecule has 5 heterocycles. The lowest BCUT2D eigenvalue weighted by Gasteiger charge is -2.50. The minimum Gasteiger partial charge on any atom is -0.507 e. The summed E-state index contributed by atoms with van der Waals surface area (Å²) in [4.78, 5) is 60.1. The summed E-state index contributed by atoms with van der Waals surface area (Å²) in [5.41, 5.74) is 0.0156. The van der Waals surface area contributed by atoms with Gasteiger partial charge in [0.25, 0.3) is 11.5 Å². The van der Waals surface area contributed by atoms with E-state index >= 15 is 8.78 Å². The van der Waals surface area contributed by atoms with Gasteiger partial charge in [-0.15, -0.1) is 0 Å². The molecule has 2 amide bonds. The highest BCUT2D eigenvalue weighted by Crippen LogP contribution is 2.44. The van der Waals surface area contributed by atoms with E-state index in [4.69, 9.17) is 0 Å². The number of hydrogen-bond donors (Lipinski definition) is 1. The molecule has 13 heteroatoms. The first-order chi connectivity index (χ1) is 22.8. The highest BCUT2D eigenvalue weighted by Gasteiger charge is 2.46. The van der Waals surface area contributed by atoms with Gasteiger partial charge in [-0.3, -0.25) is 19.0 Å². The molecule has 48 heavy (non-hydrogen) atoms. The Labute approximate surface area is 276 Å². The molecule has 0 unspecified atom stereocenters. The van der Waals surface area contributed by atoms with Crippen LogP contribution in [0.3, 0.4) is 0 Å². The Kier molecular flexibility index (Phi) is 8.26. The molecule has 11 nitrogen and oxygen atoms in total. The molecule has 0 aliphatic carbocycles. The SMILES string of the molecule is C=CC(=O)N1C[C@@H]2C(=O)N(C)c3c(c4cc(F)c(-c5c(O)cccc5F)nc4n(-c4c(C(C)C)ncnc4C(C)C)c3=O)N2C[C@H]1CC. The number of piperazine rings is 1. The molecular weight excluding hydrogens is 620 g/mol. The zero-order chi connectivity index (χ0) is 34.8. The lowest BCUT2D eigenvalue weighted by Crippen LogP contribution is -2.66. The van der Waals surface area contributed by atoms with E-state index in [1.54, 1.807) is 9.80 Å². The van der Waals surface area contributed by atoms with Crippen LogP contribution in [0.15, 0.2) is 48.0 Å². The normalized spacial score (nSPS) is 17.7. The quantitative estimate of drug-likeness (QED) is 0.287. The average molecular weight is 658 g/mol. The van der Waals surface area contributed by atoms with Crippen LogP contribution in [-0.2, 0) is 9.59 Å². The van der Waals surface area contributed by atoms with Gasteiger partial charge in [0, 0.05) is 25.0 Å². The van der Waals surface area contributed by atoms with Gasteiger partial charge in [0.05, 0.1) is 34.9 Å². The number of fused-ring (bicyclic) bond motifs is 5. The Morgan fingerprint density at radius 1 is 1.04 bits per heavy atom. The summed E-state index contributed by atoms with van der Waals surface area (Å²) in [6, 6.07) is 3.53. The molecule has 4 aromatic rings. The van der Waals surface area contributed by atoms with E-state index in [1.807, 2.05) is 34.6 Å². The van der Waals surface area contributed by atoms with Gasteiger partial charge in [-0.05, 0) is 42.5 Å². The Hall–Kier alpha value is -5.20. The molecule has 1 aromatic carbocycles. The number of aromatic nitrogens is 4. The van der Waals surface area contributed by atoms with Crippen LogP contribution >= 0.6 is 0 Å². The number of amides is 2. The van der Waals surface area contributed by atoms with E-state index in [0.29, 0.717) is 23.5 Å². The minimum atomic E-state index is -0.948. The van der Waals surface area contributed by atoms with Gasteiger partial charge >= 0.3 is 0 Å². The fourth-order valence-electron chi connectivity index (χ4n) is 6.87. The minimum absolute atomic E-state index is 0.00180. The van der Waals surface area contributed by atoms with Gasteiger partial charge in [0.2, 0.25) is 5.91 Å². The van der Waals surface area contributed by atoms with Crippen molar-refractivity contribution in [1.82, 2.24) is 24.4 Å². The maximum atomic E-state index is 16.3. The highest BCUT2D eigenvalue weighted by atomic mass is 19.1. The van der Waals surface area contributed by atoms with Crippen LogP contribution in [0.25, 0.3) is 28.0 Å². The van der Waals surface area contributed by atoms with E-state index < -0.39 is 46.1 Å². The van der Waals surface area contributed by atoms with Crippen molar-refractivity contribution in [2.45, 2.75) is 65.0 Å². The number of aromatic hydroxyl groups is 1. The number of halogens is 2. The Morgan fingerprint density at radius 2 is 1.71 bits per heavy atom. The first-order valence-electron chi connectivity index (χ1n) is 15.9. The topological polar surface area (TPSA) is 125 Å². The van der Waals surface area contributed by atoms with Crippen molar-refractivity contribution in [1.29, 1.82) is 0 Å². The van der Waals surface area contributed by atoms with E-state index in [0.717, 1.165) is 12.1 Å². The monoisotopic (exact) mass is 657 g/mol. The summed E-state index contributed by atoms with van der Waals surface area (Å²) in [6.45, 7) is 13.4. The zero-order valence-corrected chi connectivity index (χ0v) is 27.7. The summed E-state index contributed by atoms with van der Waals surface area (Å²) in [7, 11) is 1.48. The van der Waals surface area contributed by atoms with Crippen molar-refractivity contribution in [3.8, 4) is 22.7 Å². The number of rotatable bonds is 6. The Bertz CT molecular complexity index is 2010. The summed E-state index contributed by atoms with van der Waals surface area (Å²) in [5.74, 6) is -3.51. The van der Waals surface area contributed by atoms with Crippen molar-refractivity contribution >= 4 is 34.2 Å². The van der Waals surface area contributed by atoms with Crippen LogP contribution in [0.5, 0.6) is 5.75 Å². The van der Waals surface area contributed by atoms with Gasteiger partial charge in [-0.2, -0.15) is 0 Å². The van der Waals surface area contributed by atoms with E-state index in [9.17, 15) is 19.5 Å². The number of benzene rings is 1.